The van der Waals surface area contributed by atoms with Crippen molar-refractivity contribution in [1.29, 1.82) is 0 Å². The summed E-state index contributed by atoms with van der Waals surface area (Å²) in [6, 6.07) is 17.6. The zero-order valence-corrected chi connectivity index (χ0v) is 17.3. The lowest BCUT2D eigenvalue weighted by molar-refractivity contribution is 0.302. The van der Waals surface area contributed by atoms with Crippen molar-refractivity contribution in [2.24, 2.45) is 0 Å². The van der Waals surface area contributed by atoms with Crippen molar-refractivity contribution >= 4 is 34.8 Å². The predicted molar refractivity (Wildman–Crippen MR) is 114 cm³/mol. The number of benzene rings is 3. The van der Waals surface area contributed by atoms with Crippen LogP contribution in [-0.4, -0.2) is 6.54 Å². The Kier molecular flexibility index (Phi) is 7.57. The Morgan fingerprint density at radius 2 is 1.61 bits per heavy atom. The number of halogens is 4. The van der Waals surface area contributed by atoms with E-state index >= 15 is 0 Å². The molecule has 6 heteroatoms. The number of nitrogens with one attached hydrogen (secondary N) is 1. The van der Waals surface area contributed by atoms with Crippen LogP contribution in [0.25, 0.3) is 0 Å². The van der Waals surface area contributed by atoms with Crippen molar-refractivity contribution in [2.75, 3.05) is 6.54 Å². The summed E-state index contributed by atoms with van der Waals surface area (Å²) in [6.45, 7) is 1.42. The van der Waals surface area contributed by atoms with Gasteiger partial charge in [0.05, 0.1) is 0 Å². The van der Waals surface area contributed by atoms with Crippen LogP contribution < -0.4 is 10.1 Å². The van der Waals surface area contributed by atoms with Gasteiger partial charge >= 0.3 is 0 Å². The highest BCUT2D eigenvalue weighted by Crippen LogP contribution is 2.28. The first kappa shape index (κ1) is 20.9. The van der Waals surface area contributed by atoms with Crippen molar-refractivity contribution in [3.63, 3.8) is 0 Å². The standard InChI is InChI=1S/C22H19Cl3FNO/c23-17-8-9-22(28-14-18-19(24)5-3-6-20(18)25)16(12-17)13-27-11-10-15-4-1-2-7-21(15)26/h1-9,12,27H,10-11,13-14H2. The van der Waals surface area contributed by atoms with Crippen molar-refractivity contribution in [2.45, 2.75) is 19.6 Å². The Labute approximate surface area is 179 Å². The molecule has 0 amide bonds. The largest absolute Gasteiger partial charge is 0.488 e. The van der Waals surface area contributed by atoms with Crippen LogP contribution in [0.2, 0.25) is 15.1 Å². The molecule has 0 unspecified atom stereocenters. The first-order valence-corrected chi connectivity index (χ1v) is 9.96. The minimum Gasteiger partial charge on any atom is -0.488 e. The summed E-state index contributed by atoms with van der Waals surface area (Å²) in [4.78, 5) is 0. The fourth-order valence-corrected chi connectivity index (χ4v) is 3.50. The molecular weight excluding hydrogens is 420 g/mol. The minimum atomic E-state index is -0.187. The van der Waals surface area contributed by atoms with E-state index in [-0.39, 0.29) is 12.4 Å². The molecule has 0 aliphatic heterocycles. The van der Waals surface area contributed by atoms with Gasteiger partial charge in [-0.25, -0.2) is 4.39 Å². The summed E-state index contributed by atoms with van der Waals surface area (Å²) in [5.74, 6) is 0.506. The highest BCUT2D eigenvalue weighted by atomic mass is 35.5. The van der Waals surface area contributed by atoms with Gasteiger partial charge < -0.3 is 10.1 Å². The third-order valence-corrected chi connectivity index (χ3v) is 5.24. The summed E-state index contributed by atoms with van der Waals surface area (Å²) in [6.07, 6.45) is 0.596. The highest BCUT2D eigenvalue weighted by molar-refractivity contribution is 6.36. The highest BCUT2D eigenvalue weighted by Gasteiger charge is 2.10. The minimum absolute atomic E-state index is 0.187. The average Bonchev–Trinajstić information content (AvgIpc) is 2.67. The molecule has 0 radical (unpaired) electrons. The van der Waals surface area contributed by atoms with E-state index in [0.717, 1.165) is 11.1 Å². The van der Waals surface area contributed by atoms with Crippen LogP contribution in [-0.2, 0) is 19.6 Å². The fourth-order valence-electron chi connectivity index (χ4n) is 2.79. The molecule has 0 atom stereocenters. The van der Waals surface area contributed by atoms with Crippen LogP contribution in [0.15, 0.2) is 60.7 Å². The quantitative estimate of drug-likeness (QED) is 0.395. The van der Waals surface area contributed by atoms with E-state index < -0.39 is 0 Å². The second-order valence-electron chi connectivity index (χ2n) is 6.26. The Hall–Kier alpha value is -1.78. The van der Waals surface area contributed by atoms with Gasteiger partial charge in [0.25, 0.3) is 0 Å². The lowest BCUT2D eigenvalue weighted by Gasteiger charge is -2.14. The van der Waals surface area contributed by atoms with E-state index in [1.165, 1.54) is 6.07 Å². The molecular formula is C22H19Cl3FNO. The van der Waals surface area contributed by atoms with Gasteiger partial charge in [-0.1, -0.05) is 59.1 Å². The summed E-state index contributed by atoms with van der Waals surface area (Å²) < 4.78 is 19.6. The predicted octanol–water partition coefficient (Wildman–Crippen LogP) is 6.70. The molecule has 0 aliphatic rings. The van der Waals surface area contributed by atoms with E-state index in [4.69, 9.17) is 39.5 Å². The molecule has 3 aromatic rings. The first-order chi connectivity index (χ1) is 13.5. The van der Waals surface area contributed by atoms with Crippen LogP contribution in [0.1, 0.15) is 16.7 Å². The van der Waals surface area contributed by atoms with E-state index in [2.05, 4.69) is 5.32 Å². The van der Waals surface area contributed by atoms with Crippen molar-refractivity contribution in [1.82, 2.24) is 5.32 Å². The lowest BCUT2D eigenvalue weighted by atomic mass is 10.1. The summed E-state index contributed by atoms with van der Waals surface area (Å²) in [7, 11) is 0. The molecule has 0 saturated heterocycles. The molecule has 28 heavy (non-hydrogen) atoms. The maximum Gasteiger partial charge on any atom is 0.126 e. The van der Waals surface area contributed by atoms with Crippen LogP contribution >= 0.6 is 34.8 Å². The Bertz CT molecular complexity index is 929. The fraction of sp³-hybridized carbons (Fsp3) is 0.182. The van der Waals surface area contributed by atoms with Crippen LogP contribution in [0.5, 0.6) is 5.75 Å². The number of rotatable bonds is 8. The summed E-state index contributed by atoms with van der Waals surface area (Å²) in [5, 5.41) is 5.05. The third kappa shape index (κ3) is 5.62. The molecule has 0 fully saturated rings. The maximum absolute atomic E-state index is 13.7. The summed E-state index contributed by atoms with van der Waals surface area (Å²) in [5.41, 5.74) is 2.33. The van der Waals surface area contributed by atoms with Gasteiger partial charge in [0, 0.05) is 32.7 Å². The van der Waals surface area contributed by atoms with Crippen LogP contribution in [0.4, 0.5) is 4.39 Å². The van der Waals surface area contributed by atoms with Gasteiger partial charge in [-0.15, -0.1) is 0 Å². The van der Waals surface area contributed by atoms with E-state index in [1.54, 1.807) is 36.4 Å². The maximum atomic E-state index is 13.7. The van der Waals surface area contributed by atoms with Crippen LogP contribution in [0, 0.1) is 5.82 Å². The number of ether oxygens (including phenoxy) is 1. The molecule has 0 aromatic heterocycles. The normalized spacial score (nSPS) is 10.9. The zero-order valence-electron chi connectivity index (χ0n) is 15.0. The monoisotopic (exact) mass is 437 g/mol. The Morgan fingerprint density at radius 1 is 0.857 bits per heavy atom. The van der Waals surface area contributed by atoms with Crippen LogP contribution in [0.3, 0.4) is 0 Å². The van der Waals surface area contributed by atoms with Crippen molar-refractivity contribution in [3.8, 4) is 5.75 Å². The second kappa shape index (κ2) is 10.1. The summed E-state index contributed by atoms with van der Waals surface area (Å²) >= 11 is 18.6. The number of hydrogen-bond donors (Lipinski definition) is 1. The van der Waals surface area contributed by atoms with E-state index in [1.807, 2.05) is 18.2 Å². The molecule has 0 saturated carbocycles. The zero-order chi connectivity index (χ0) is 19.9. The molecule has 3 aromatic carbocycles. The smallest absolute Gasteiger partial charge is 0.126 e. The van der Waals surface area contributed by atoms with Gasteiger partial charge in [-0.3, -0.25) is 0 Å². The molecule has 0 heterocycles. The molecule has 0 aliphatic carbocycles. The van der Waals surface area contributed by atoms with Gasteiger partial charge in [-0.05, 0) is 54.9 Å². The molecule has 1 N–H and O–H groups in total. The van der Waals surface area contributed by atoms with Gasteiger partial charge in [0.1, 0.15) is 18.2 Å². The molecule has 146 valence electrons. The average molecular weight is 439 g/mol. The Balaban J connectivity index is 1.61. The van der Waals surface area contributed by atoms with Gasteiger partial charge in [0.15, 0.2) is 0 Å². The molecule has 0 bridgehead atoms. The lowest BCUT2D eigenvalue weighted by Crippen LogP contribution is -2.17. The number of hydrogen-bond acceptors (Lipinski definition) is 2. The van der Waals surface area contributed by atoms with Gasteiger partial charge in [0.2, 0.25) is 0 Å². The second-order valence-corrected chi connectivity index (χ2v) is 7.51. The van der Waals surface area contributed by atoms with Crippen molar-refractivity contribution in [3.05, 3.63) is 98.2 Å². The SMILES string of the molecule is Fc1ccccc1CCNCc1cc(Cl)ccc1OCc1c(Cl)cccc1Cl. The van der Waals surface area contributed by atoms with Gasteiger partial charge in [-0.2, -0.15) is 0 Å². The first-order valence-electron chi connectivity index (χ1n) is 8.83. The van der Waals surface area contributed by atoms with Crippen molar-refractivity contribution < 1.29 is 9.13 Å². The molecule has 2 nitrogen and oxygen atoms in total. The Morgan fingerprint density at radius 3 is 2.36 bits per heavy atom. The van der Waals surface area contributed by atoms with E-state index in [9.17, 15) is 4.39 Å². The molecule has 3 rings (SSSR count). The third-order valence-electron chi connectivity index (χ3n) is 4.30. The molecule has 0 spiro atoms. The van der Waals surface area contributed by atoms with E-state index in [0.29, 0.717) is 45.9 Å². The topological polar surface area (TPSA) is 21.3 Å².